The molecule has 0 aliphatic rings. The zero-order chi connectivity index (χ0) is 22.4. The molecule has 5 nitrogen and oxygen atoms in total. The van der Waals surface area contributed by atoms with Gasteiger partial charge < -0.3 is 0 Å². The van der Waals surface area contributed by atoms with Crippen LogP contribution in [0.3, 0.4) is 0 Å². The van der Waals surface area contributed by atoms with Gasteiger partial charge in [-0.1, -0.05) is 19.1 Å². The molecule has 4 aromatic rings. The van der Waals surface area contributed by atoms with Crippen LogP contribution in [0.2, 0.25) is 0 Å². The van der Waals surface area contributed by atoms with Crippen LogP contribution in [0.15, 0.2) is 66.0 Å². The van der Waals surface area contributed by atoms with Gasteiger partial charge in [-0.15, -0.1) is 0 Å². The molecule has 3 heterocycles. The van der Waals surface area contributed by atoms with Crippen LogP contribution in [-0.2, 0) is 16.0 Å². The maximum absolute atomic E-state index is 13.2. The third-order valence-corrected chi connectivity index (χ3v) is 6.55. The molecule has 160 valence electrons. The average molecular weight is 449 g/mol. The van der Waals surface area contributed by atoms with Gasteiger partial charge in [-0.3, -0.25) is 9.55 Å². The monoisotopic (exact) mass is 449 g/mol. The minimum absolute atomic E-state index is 0.0381. The number of fused-ring (bicyclic) bond motifs is 1. The van der Waals surface area contributed by atoms with E-state index in [2.05, 4.69) is 9.97 Å². The summed E-state index contributed by atoms with van der Waals surface area (Å²) >= 11 is 0. The number of sulfone groups is 1. The summed E-state index contributed by atoms with van der Waals surface area (Å²) in [5, 5.41) is 0. The molecule has 0 N–H and O–H groups in total. The molecule has 0 fully saturated rings. The lowest BCUT2D eigenvalue weighted by molar-refractivity contribution is -0.137. The van der Waals surface area contributed by atoms with Crippen molar-refractivity contribution in [1.82, 2.24) is 14.5 Å². The average Bonchev–Trinajstić information content (AvgIpc) is 3.16. The third kappa shape index (κ3) is 3.90. The summed E-state index contributed by atoms with van der Waals surface area (Å²) in [5.74, 6) is -0.717. The molecular weight excluding hydrogens is 434 g/mol. The lowest BCUT2D eigenvalue weighted by Crippen LogP contribution is -2.11. The SMILES string of the molecule is CCS(=O)(=O)c1cc(-c2ccc(F)cc2)cnc1-n1ccc2ncc(C(F)(F)F)cc21. The van der Waals surface area contributed by atoms with Gasteiger partial charge >= 0.3 is 6.18 Å². The number of benzene rings is 1. The van der Waals surface area contributed by atoms with Gasteiger partial charge in [0.2, 0.25) is 0 Å². The molecule has 1 aromatic carbocycles. The predicted molar refractivity (Wildman–Crippen MR) is 107 cm³/mol. The second-order valence-corrected chi connectivity index (χ2v) is 9.01. The third-order valence-electron chi connectivity index (χ3n) is 4.82. The van der Waals surface area contributed by atoms with E-state index in [1.165, 1.54) is 60.3 Å². The predicted octanol–water partition coefficient (Wildman–Crippen LogP) is 5.04. The molecule has 0 atom stereocenters. The van der Waals surface area contributed by atoms with Crippen molar-refractivity contribution >= 4 is 20.9 Å². The highest BCUT2D eigenvalue weighted by Crippen LogP contribution is 2.33. The number of hydrogen-bond acceptors (Lipinski definition) is 4. The summed E-state index contributed by atoms with van der Waals surface area (Å²) < 4.78 is 79.6. The minimum Gasteiger partial charge on any atom is -0.298 e. The Labute approximate surface area is 174 Å². The molecule has 4 rings (SSSR count). The zero-order valence-corrected chi connectivity index (χ0v) is 16.9. The van der Waals surface area contributed by atoms with E-state index in [-0.39, 0.29) is 27.5 Å². The van der Waals surface area contributed by atoms with E-state index in [9.17, 15) is 26.0 Å². The quantitative estimate of drug-likeness (QED) is 0.410. The van der Waals surface area contributed by atoms with Gasteiger partial charge in [0.1, 0.15) is 10.7 Å². The fourth-order valence-corrected chi connectivity index (χ4v) is 4.20. The Morgan fingerprint density at radius 3 is 2.32 bits per heavy atom. The van der Waals surface area contributed by atoms with E-state index in [4.69, 9.17) is 0 Å². The Bertz CT molecular complexity index is 1380. The van der Waals surface area contributed by atoms with Gasteiger partial charge in [-0.25, -0.2) is 17.8 Å². The number of hydrogen-bond donors (Lipinski definition) is 0. The number of nitrogens with zero attached hydrogens (tertiary/aromatic N) is 3. The molecule has 0 bridgehead atoms. The standard InChI is InChI=1S/C21H15F4N3O2S/c1-2-31(29,30)19-9-14(13-3-5-16(22)6-4-13)11-27-20(19)28-8-7-17-18(28)10-15(12-26-17)21(23,24)25/h3-12H,2H2,1H3. The lowest BCUT2D eigenvalue weighted by Gasteiger charge is -2.13. The van der Waals surface area contributed by atoms with Crippen LogP contribution in [-0.4, -0.2) is 28.7 Å². The molecule has 0 saturated heterocycles. The van der Waals surface area contributed by atoms with Crippen molar-refractivity contribution in [2.45, 2.75) is 18.0 Å². The Balaban J connectivity index is 1.95. The lowest BCUT2D eigenvalue weighted by atomic mass is 10.1. The highest BCUT2D eigenvalue weighted by atomic mass is 32.2. The summed E-state index contributed by atoms with van der Waals surface area (Å²) in [6.07, 6.45) is -1.06. The van der Waals surface area contributed by atoms with Crippen molar-refractivity contribution in [3.05, 3.63) is 72.4 Å². The summed E-state index contributed by atoms with van der Waals surface area (Å²) in [7, 11) is -3.80. The largest absolute Gasteiger partial charge is 0.417 e. The second-order valence-electron chi connectivity index (χ2n) is 6.77. The van der Waals surface area contributed by atoms with E-state index in [0.29, 0.717) is 11.1 Å². The van der Waals surface area contributed by atoms with Gasteiger partial charge in [0.05, 0.1) is 22.3 Å². The molecule has 0 aliphatic heterocycles. The molecule has 10 heteroatoms. The van der Waals surface area contributed by atoms with Crippen LogP contribution < -0.4 is 0 Å². The maximum atomic E-state index is 13.2. The van der Waals surface area contributed by atoms with Gasteiger partial charge in [0, 0.05) is 24.2 Å². The number of aromatic nitrogens is 3. The molecular formula is C21H15F4N3O2S. The molecule has 3 aromatic heterocycles. The van der Waals surface area contributed by atoms with E-state index < -0.39 is 27.4 Å². The van der Waals surface area contributed by atoms with Gasteiger partial charge in [-0.05, 0) is 35.9 Å². The number of pyridine rings is 2. The van der Waals surface area contributed by atoms with Crippen molar-refractivity contribution in [2.24, 2.45) is 0 Å². The molecule has 0 unspecified atom stereocenters. The normalized spacial score (nSPS) is 12.4. The van der Waals surface area contributed by atoms with E-state index in [0.717, 1.165) is 12.3 Å². The minimum atomic E-state index is -4.60. The van der Waals surface area contributed by atoms with Crippen LogP contribution in [0, 0.1) is 5.82 Å². The van der Waals surface area contributed by atoms with Crippen molar-refractivity contribution in [2.75, 3.05) is 5.75 Å². The smallest absolute Gasteiger partial charge is 0.298 e. The summed E-state index contributed by atoms with van der Waals surface area (Å²) in [5.41, 5.74) is 0.359. The molecule has 0 saturated carbocycles. The highest BCUT2D eigenvalue weighted by molar-refractivity contribution is 7.91. The molecule has 0 spiro atoms. The molecule has 0 amide bonds. The number of rotatable bonds is 4. The fourth-order valence-electron chi connectivity index (χ4n) is 3.15. The summed E-state index contributed by atoms with van der Waals surface area (Å²) in [6.45, 7) is 1.46. The van der Waals surface area contributed by atoms with E-state index >= 15 is 0 Å². The van der Waals surface area contributed by atoms with Crippen LogP contribution in [0.4, 0.5) is 17.6 Å². The first kappa shape index (κ1) is 21.0. The van der Waals surface area contributed by atoms with Gasteiger partial charge in [0.15, 0.2) is 15.7 Å². The van der Waals surface area contributed by atoms with Gasteiger partial charge in [-0.2, -0.15) is 13.2 Å². The van der Waals surface area contributed by atoms with E-state index in [1.54, 1.807) is 0 Å². The van der Waals surface area contributed by atoms with Crippen molar-refractivity contribution in [3.8, 4) is 16.9 Å². The first-order chi connectivity index (χ1) is 14.6. The summed E-state index contributed by atoms with van der Waals surface area (Å²) in [4.78, 5) is 7.94. The molecule has 0 aliphatic carbocycles. The summed E-state index contributed by atoms with van der Waals surface area (Å²) in [6, 6.07) is 9.22. The Hall–Kier alpha value is -3.27. The Morgan fingerprint density at radius 2 is 1.68 bits per heavy atom. The van der Waals surface area contributed by atoms with Crippen molar-refractivity contribution < 1.29 is 26.0 Å². The Kier molecular flexibility index (Phi) is 5.04. The zero-order valence-electron chi connectivity index (χ0n) is 16.1. The van der Waals surface area contributed by atoms with Crippen molar-refractivity contribution in [1.29, 1.82) is 0 Å². The van der Waals surface area contributed by atoms with Crippen LogP contribution in [0.25, 0.3) is 28.0 Å². The second kappa shape index (κ2) is 7.45. The fraction of sp³-hybridized carbons (Fsp3) is 0.143. The first-order valence-electron chi connectivity index (χ1n) is 9.13. The highest BCUT2D eigenvalue weighted by Gasteiger charge is 2.32. The molecule has 31 heavy (non-hydrogen) atoms. The first-order valence-corrected chi connectivity index (χ1v) is 10.8. The van der Waals surface area contributed by atoms with Gasteiger partial charge in [0.25, 0.3) is 0 Å². The topological polar surface area (TPSA) is 64.8 Å². The maximum Gasteiger partial charge on any atom is 0.417 e. The number of halogens is 4. The van der Waals surface area contributed by atoms with Crippen LogP contribution in [0.1, 0.15) is 12.5 Å². The van der Waals surface area contributed by atoms with Crippen LogP contribution in [0.5, 0.6) is 0 Å². The Morgan fingerprint density at radius 1 is 0.968 bits per heavy atom. The van der Waals surface area contributed by atoms with Crippen molar-refractivity contribution in [3.63, 3.8) is 0 Å². The van der Waals surface area contributed by atoms with E-state index in [1.807, 2.05) is 0 Å². The number of alkyl halides is 3. The molecule has 0 radical (unpaired) electrons. The van der Waals surface area contributed by atoms with Crippen LogP contribution >= 0.6 is 0 Å².